The molecule has 0 bridgehead atoms. The van der Waals surface area contributed by atoms with E-state index in [-0.39, 0.29) is 24.4 Å². The number of unbranched alkanes of at least 4 members (excludes halogenated alkanes) is 2. The summed E-state index contributed by atoms with van der Waals surface area (Å²) in [6.07, 6.45) is 3.97. The highest BCUT2D eigenvalue weighted by Gasteiger charge is 2.21. The number of carbonyl (C=O) groups is 2. The average Bonchev–Trinajstić information content (AvgIpc) is 2.64. The molecule has 0 fully saturated rings. The molecule has 1 aromatic carbocycles. The van der Waals surface area contributed by atoms with Gasteiger partial charge in [0.25, 0.3) is 5.91 Å². The first kappa shape index (κ1) is 21.0. The van der Waals surface area contributed by atoms with Gasteiger partial charge in [0.2, 0.25) is 0 Å². The fourth-order valence-corrected chi connectivity index (χ4v) is 2.57. The molecule has 0 N–H and O–H groups in total. The zero-order chi connectivity index (χ0) is 18.7. The molecule has 140 valence electrons. The van der Waals surface area contributed by atoms with Crippen molar-refractivity contribution in [2.75, 3.05) is 26.8 Å². The normalized spacial score (nSPS) is 11.7. The van der Waals surface area contributed by atoms with Crippen LogP contribution in [0.3, 0.4) is 0 Å². The molecule has 0 aliphatic rings. The van der Waals surface area contributed by atoms with Gasteiger partial charge in [-0.1, -0.05) is 45.7 Å². The number of hydrogen-bond acceptors (Lipinski definition) is 4. The molecular formula is C20H31NO4. The molecule has 0 saturated carbocycles. The maximum absolute atomic E-state index is 12.6. The summed E-state index contributed by atoms with van der Waals surface area (Å²) in [5.41, 5.74) is 1.17. The molecule has 0 aliphatic heterocycles. The third-order valence-corrected chi connectivity index (χ3v) is 4.15. The van der Waals surface area contributed by atoms with Gasteiger partial charge in [0.05, 0.1) is 13.0 Å². The quantitative estimate of drug-likeness (QED) is 0.453. The van der Waals surface area contributed by atoms with Gasteiger partial charge in [-0.3, -0.25) is 9.59 Å². The van der Waals surface area contributed by atoms with Crippen LogP contribution in [-0.2, 0) is 20.7 Å². The van der Waals surface area contributed by atoms with Crippen molar-refractivity contribution in [1.82, 2.24) is 4.90 Å². The van der Waals surface area contributed by atoms with E-state index in [1.54, 1.807) is 11.8 Å². The van der Waals surface area contributed by atoms with Crippen molar-refractivity contribution >= 4 is 11.9 Å². The van der Waals surface area contributed by atoms with E-state index in [1.807, 2.05) is 24.3 Å². The second-order valence-corrected chi connectivity index (χ2v) is 6.26. The number of aryl methyl sites for hydroxylation is 1. The maximum atomic E-state index is 12.6. The summed E-state index contributed by atoms with van der Waals surface area (Å²) in [4.78, 5) is 25.9. The third-order valence-electron chi connectivity index (χ3n) is 4.15. The van der Waals surface area contributed by atoms with Crippen LogP contribution in [0.25, 0.3) is 0 Å². The topological polar surface area (TPSA) is 55.8 Å². The predicted molar refractivity (Wildman–Crippen MR) is 98.6 cm³/mol. The molecule has 1 atom stereocenters. The van der Waals surface area contributed by atoms with Gasteiger partial charge in [-0.2, -0.15) is 0 Å². The molecule has 0 spiro atoms. The van der Waals surface area contributed by atoms with Gasteiger partial charge in [-0.25, -0.2) is 0 Å². The first-order valence-electron chi connectivity index (χ1n) is 9.09. The molecule has 1 amide bonds. The highest BCUT2D eigenvalue weighted by molar-refractivity contribution is 5.79. The van der Waals surface area contributed by atoms with Crippen molar-refractivity contribution < 1.29 is 19.1 Å². The van der Waals surface area contributed by atoms with Crippen LogP contribution in [0.2, 0.25) is 0 Å². The van der Waals surface area contributed by atoms with E-state index in [9.17, 15) is 9.59 Å². The minimum absolute atomic E-state index is 0.0206. The van der Waals surface area contributed by atoms with E-state index in [4.69, 9.17) is 9.47 Å². The maximum Gasteiger partial charge on any atom is 0.310 e. The fourth-order valence-electron chi connectivity index (χ4n) is 2.57. The van der Waals surface area contributed by atoms with E-state index in [2.05, 4.69) is 13.8 Å². The Balaban J connectivity index is 2.64. The number of nitrogens with zero attached hydrogens (tertiary/aromatic N) is 1. The van der Waals surface area contributed by atoms with Crippen molar-refractivity contribution in [3.63, 3.8) is 0 Å². The van der Waals surface area contributed by atoms with Crippen LogP contribution < -0.4 is 4.74 Å². The standard InChI is InChI=1S/C20H31NO4/c1-5-7-8-12-21(14-16(3)20(23)24-4)19(22)15-25-18-11-9-10-17(6-2)13-18/h9-11,13,16H,5-8,12,14-15H2,1-4H3. The lowest BCUT2D eigenvalue weighted by Crippen LogP contribution is -2.40. The zero-order valence-corrected chi connectivity index (χ0v) is 15.9. The number of benzene rings is 1. The van der Waals surface area contributed by atoms with E-state index < -0.39 is 0 Å². The van der Waals surface area contributed by atoms with Crippen LogP contribution in [0.4, 0.5) is 0 Å². The minimum atomic E-state index is -0.348. The van der Waals surface area contributed by atoms with Crippen molar-refractivity contribution in [3.05, 3.63) is 29.8 Å². The SMILES string of the molecule is CCCCCN(CC(C)C(=O)OC)C(=O)COc1cccc(CC)c1. The number of carbonyl (C=O) groups excluding carboxylic acids is 2. The van der Waals surface area contributed by atoms with Crippen LogP contribution in [0, 0.1) is 5.92 Å². The van der Waals surface area contributed by atoms with Crippen LogP contribution in [0.15, 0.2) is 24.3 Å². The lowest BCUT2D eigenvalue weighted by molar-refractivity contribution is -0.146. The number of amides is 1. The Hall–Kier alpha value is -2.04. The highest BCUT2D eigenvalue weighted by Crippen LogP contribution is 2.14. The molecule has 0 heterocycles. The molecule has 0 saturated heterocycles. The molecule has 5 nitrogen and oxygen atoms in total. The van der Waals surface area contributed by atoms with Crippen molar-refractivity contribution in [2.24, 2.45) is 5.92 Å². The summed E-state index contributed by atoms with van der Waals surface area (Å²) >= 11 is 0. The molecule has 0 aromatic heterocycles. The van der Waals surface area contributed by atoms with E-state index in [1.165, 1.54) is 12.7 Å². The molecule has 0 aliphatic carbocycles. The number of ether oxygens (including phenoxy) is 2. The van der Waals surface area contributed by atoms with Crippen molar-refractivity contribution in [3.8, 4) is 5.75 Å². The smallest absolute Gasteiger partial charge is 0.310 e. The minimum Gasteiger partial charge on any atom is -0.484 e. The average molecular weight is 349 g/mol. The van der Waals surface area contributed by atoms with E-state index in [0.29, 0.717) is 18.8 Å². The third kappa shape index (κ3) is 7.59. The summed E-state index contributed by atoms with van der Waals surface area (Å²) in [5.74, 6) is -0.0557. The number of esters is 1. The van der Waals surface area contributed by atoms with Crippen LogP contribution in [0.1, 0.15) is 45.6 Å². The zero-order valence-electron chi connectivity index (χ0n) is 15.9. The van der Waals surface area contributed by atoms with Crippen LogP contribution in [0.5, 0.6) is 5.75 Å². The fraction of sp³-hybridized carbons (Fsp3) is 0.600. The summed E-state index contributed by atoms with van der Waals surface area (Å²) in [7, 11) is 1.37. The van der Waals surface area contributed by atoms with Gasteiger partial charge in [0.15, 0.2) is 6.61 Å². The van der Waals surface area contributed by atoms with Crippen molar-refractivity contribution in [2.45, 2.75) is 46.5 Å². The van der Waals surface area contributed by atoms with E-state index in [0.717, 1.165) is 25.7 Å². The first-order chi connectivity index (χ1) is 12.0. The summed E-state index contributed by atoms with van der Waals surface area (Å²) < 4.78 is 10.4. The Kier molecular flexibility index (Phi) is 9.66. The Bertz CT molecular complexity index is 544. The highest BCUT2D eigenvalue weighted by atomic mass is 16.5. The monoisotopic (exact) mass is 349 g/mol. The Morgan fingerprint density at radius 2 is 1.96 bits per heavy atom. The molecule has 1 unspecified atom stereocenters. The van der Waals surface area contributed by atoms with Crippen LogP contribution >= 0.6 is 0 Å². The van der Waals surface area contributed by atoms with Gasteiger partial charge in [0.1, 0.15) is 5.75 Å². The second kappa shape index (κ2) is 11.5. The first-order valence-corrected chi connectivity index (χ1v) is 9.09. The number of rotatable bonds is 11. The lowest BCUT2D eigenvalue weighted by Gasteiger charge is -2.25. The van der Waals surface area contributed by atoms with Gasteiger partial charge in [-0.05, 0) is 30.5 Å². The Labute approximate surface area is 151 Å². The number of methoxy groups -OCH3 is 1. The molecule has 1 aromatic rings. The molecule has 1 rings (SSSR count). The van der Waals surface area contributed by atoms with Crippen molar-refractivity contribution in [1.29, 1.82) is 0 Å². The molecular weight excluding hydrogens is 318 g/mol. The van der Waals surface area contributed by atoms with Gasteiger partial charge < -0.3 is 14.4 Å². The summed E-state index contributed by atoms with van der Waals surface area (Å²) in [6.45, 7) is 6.94. The Morgan fingerprint density at radius 3 is 2.60 bits per heavy atom. The Morgan fingerprint density at radius 1 is 1.20 bits per heavy atom. The predicted octanol–water partition coefficient (Wildman–Crippen LogP) is 3.46. The number of hydrogen-bond donors (Lipinski definition) is 0. The summed E-state index contributed by atoms with van der Waals surface area (Å²) in [5, 5.41) is 0. The molecule has 5 heteroatoms. The van der Waals surface area contributed by atoms with Gasteiger partial charge >= 0.3 is 5.97 Å². The molecule has 25 heavy (non-hydrogen) atoms. The summed E-state index contributed by atoms with van der Waals surface area (Å²) in [6, 6.07) is 7.76. The van der Waals surface area contributed by atoms with Crippen LogP contribution in [-0.4, -0.2) is 43.6 Å². The van der Waals surface area contributed by atoms with E-state index >= 15 is 0 Å². The largest absolute Gasteiger partial charge is 0.484 e. The van der Waals surface area contributed by atoms with Gasteiger partial charge in [0, 0.05) is 13.1 Å². The van der Waals surface area contributed by atoms with Gasteiger partial charge in [-0.15, -0.1) is 0 Å². The second-order valence-electron chi connectivity index (χ2n) is 6.26. The molecule has 0 radical (unpaired) electrons. The lowest BCUT2D eigenvalue weighted by atomic mass is 10.1.